The first-order chi connectivity index (χ1) is 9.95. The lowest BCUT2D eigenvalue weighted by Crippen LogP contribution is -1.94. The van der Waals surface area contributed by atoms with E-state index in [-0.39, 0.29) is 0 Å². The van der Waals surface area contributed by atoms with Gasteiger partial charge in [-0.1, -0.05) is 35.4 Å². The zero-order chi connectivity index (χ0) is 15.4. The van der Waals surface area contributed by atoms with Gasteiger partial charge in [0.25, 0.3) is 0 Å². The lowest BCUT2D eigenvalue weighted by atomic mass is 10.1. The Kier molecular flexibility index (Phi) is 4.96. The zero-order valence-electron chi connectivity index (χ0n) is 11.9. The summed E-state index contributed by atoms with van der Waals surface area (Å²) in [7, 11) is 0. The SMILES string of the molecule is Cc1cc(C)cc(CSCc2ccc([N+](=O)[O-])c(F)c2)c1. The van der Waals surface area contributed by atoms with E-state index in [4.69, 9.17) is 0 Å². The fourth-order valence-electron chi connectivity index (χ4n) is 2.23. The quantitative estimate of drug-likeness (QED) is 0.589. The van der Waals surface area contributed by atoms with Crippen molar-refractivity contribution >= 4 is 17.4 Å². The number of nitro groups is 1. The summed E-state index contributed by atoms with van der Waals surface area (Å²) in [4.78, 5) is 9.85. The summed E-state index contributed by atoms with van der Waals surface area (Å²) in [5.41, 5.74) is 3.98. The average molecular weight is 305 g/mol. The molecule has 110 valence electrons. The molecule has 0 saturated heterocycles. The van der Waals surface area contributed by atoms with Crippen LogP contribution in [0.3, 0.4) is 0 Å². The molecule has 0 unspecified atom stereocenters. The van der Waals surface area contributed by atoms with Crippen LogP contribution in [0.4, 0.5) is 10.1 Å². The first-order valence-corrected chi connectivity index (χ1v) is 7.69. The Morgan fingerprint density at radius 2 is 1.67 bits per heavy atom. The Hall–Kier alpha value is -1.88. The molecule has 5 heteroatoms. The van der Waals surface area contributed by atoms with Gasteiger partial charge in [0, 0.05) is 17.6 Å². The van der Waals surface area contributed by atoms with Crippen LogP contribution in [0.15, 0.2) is 36.4 Å². The molecule has 0 aliphatic rings. The minimum absolute atomic E-state index is 0.474. The third-order valence-corrected chi connectivity index (χ3v) is 4.10. The highest BCUT2D eigenvalue weighted by Gasteiger charge is 2.13. The summed E-state index contributed by atoms with van der Waals surface area (Å²) in [6, 6.07) is 10.5. The maximum Gasteiger partial charge on any atom is 0.304 e. The summed E-state index contributed by atoms with van der Waals surface area (Å²) in [5, 5.41) is 10.6. The lowest BCUT2D eigenvalue weighted by Gasteiger charge is -2.05. The Labute approximate surface area is 127 Å². The van der Waals surface area contributed by atoms with E-state index in [0.717, 1.165) is 11.3 Å². The van der Waals surface area contributed by atoms with Gasteiger partial charge in [-0.3, -0.25) is 10.1 Å². The van der Waals surface area contributed by atoms with E-state index in [1.54, 1.807) is 17.8 Å². The van der Waals surface area contributed by atoms with Crippen LogP contribution in [0.1, 0.15) is 22.3 Å². The number of rotatable bonds is 5. The summed E-state index contributed by atoms with van der Waals surface area (Å²) in [6.07, 6.45) is 0. The van der Waals surface area contributed by atoms with Crippen molar-refractivity contribution in [2.75, 3.05) is 0 Å². The molecular formula is C16H16FNO2S. The van der Waals surface area contributed by atoms with Crippen LogP contribution in [-0.2, 0) is 11.5 Å². The van der Waals surface area contributed by atoms with Crippen LogP contribution >= 0.6 is 11.8 Å². The first-order valence-electron chi connectivity index (χ1n) is 6.53. The molecular weight excluding hydrogens is 289 g/mol. The van der Waals surface area contributed by atoms with Crippen LogP contribution in [0.2, 0.25) is 0 Å². The van der Waals surface area contributed by atoms with Gasteiger partial charge < -0.3 is 0 Å². The highest BCUT2D eigenvalue weighted by molar-refractivity contribution is 7.97. The molecule has 0 saturated carbocycles. The Morgan fingerprint density at radius 1 is 1.05 bits per heavy atom. The minimum Gasteiger partial charge on any atom is -0.258 e. The third kappa shape index (κ3) is 4.29. The van der Waals surface area contributed by atoms with E-state index in [2.05, 4.69) is 32.0 Å². The number of halogens is 1. The zero-order valence-corrected chi connectivity index (χ0v) is 12.7. The van der Waals surface area contributed by atoms with E-state index >= 15 is 0 Å². The van der Waals surface area contributed by atoms with E-state index in [1.165, 1.54) is 28.8 Å². The summed E-state index contributed by atoms with van der Waals surface area (Å²) in [5.74, 6) is 0.688. The number of hydrogen-bond acceptors (Lipinski definition) is 3. The number of benzene rings is 2. The molecule has 0 aliphatic carbocycles. The molecule has 2 aromatic rings. The van der Waals surface area contributed by atoms with Gasteiger partial charge in [-0.05, 0) is 31.0 Å². The standard InChI is InChI=1S/C16H16FNO2S/c1-11-5-12(2)7-14(6-11)10-21-9-13-3-4-16(18(19)20)15(17)8-13/h3-8H,9-10H2,1-2H3. The molecule has 3 nitrogen and oxygen atoms in total. The molecule has 0 aromatic heterocycles. The Bertz CT molecular complexity index is 653. The second-order valence-electron chi connectivity index (χ2n) is 5.03. The van der Waals surface area contributed by atoms with Crippen molar-refractivity contribution in [3.63, 3.8) is 0 Å². The number of hydrogen-bond donors (Lipinski definition) is 0. The Balaban J connectivity index is 1.97. The smallest absolute Gasteiger partial charge is 0.258 e. The van der Waals surface area contributed by atoms with Crippen LogP contribution in [-0.4, -0.2) is 4.92 Å². The number of aryl methyl sites for hydroxylation is 2. The normalized spacial score (nSPS) is 10.6. The van der Waals surface area contributed by atoms with Crippen LogP contribution in [0, 0.1) is 29.8 Å². The van der Waals surface area contributed by atoms with Gasteiger partial charge in [-0.15, -0.1) is 0 Å². The van der Waals surface area contributed by atoms with Gasteiger partial charge in [0.05, 0.1) is 4.92 Å². The van der Waals surface area contributed by atoms with E-state index in [0.29, 0.717) is 5.75 Å². The van der Waals surface area contributed by atoms with Gasteiger partial charge in [0.1, 0.15) is 0 Å². The molecule has 0 N–H and O–H groups in total. The van der Waals surface area contributed by atoms with Crippen LogP contribution < -0.4 is 0 Å². The number of thioether (sulfide) groups is 1. The number of nitro benzene ring substituents is 1. The fourth-order valence-corrected chi connectivity index (χ4v) is 3.15. The van der Waals surface area contributed by atoms with Gasteiger partial charge in [-0.2, -0.15) is 16.2 Å². The van der Waals surface area contributed by atoms with Gasteiger partial charge in [0.2, 0.25) is 5.82 Å². The minimum atomic E-state index is -0.774. The van der Waals surface area contributed by atoms with E-state index < -0.39 is 16.4 Å². The van der Waals surface area contributed by atoms with Crippen molar-refractivity contribution in [2.45, 2.75) is 25.4 Å². The molecule has 0 bridgehead atoms. The predicted octanol–water partition coefficient (Wildman–Crippen LogP) is 4.78. The molecule has 2 aromatic carbocycles. The topological polar surface area (TPSA) is 43.1 Å². The second-order valence-corrected chi connectivity index (χ2v) is 6.02. The molecule has 0 amide bonds. The summed E-state index contributed by atoms with van der Waals surface area (Å²) >= 11 is 1.66. The van der Waals surface area contributed by atoms with E-state index in [9.17, 15) is 14.5 Å². The maximum absolute atomic E-state index is 13.5. The summed E-state index contributed by atoms with van der Waals surface area (Å²) in [6.45, 7) is 4.12. The maximum atomic E-state index is 13.5. The van der Waals surface area contributed by atoms with Crippen molar-refractivity contribution in [1.82, 2.24) is 0 Å². The highest BCUT2D eigenvalue weighted by Crippen LogP contribution is 2.23. The van der Waals surface area contributed by atoms with Gasteiger partial charge in [0.15, 0.2) is 0 Å². The fraction of sp³-hybridized carbons (Fsp3) is 0.250. The van der Waals surface area contributed by atoms with Gasteiger partial charge in [-0.25, -0.2) is 0 Å². The monoisotopic (exact) mass is 305 g/mol. The third-order valence-electron chi connectivity index (χ3n) is 3.03. The lowest BCUT2D eigenvalue weighted by molar-refractivity contribution is -0.387. The molecule has 0 atom stereocenters. The molecule has 0 heterocycles. The molecule has 0 spiro atoms. The molecule has 0 aliphatic heterocycles. The van der Waals surface area contributed by atoms with Gasteiger partial charge >= 0.3 is 5.69 Å². The van der Waals surface area contributed by atoms with E-state index in [1.807, 2.05) is 0 Å². The molecule has 21 heavy (non-hydrogen) atoms. The van der Waals surface area contributed by atoms with Crippen LogP contribution in [0.25, 0.3) is 0 Å². The first kappa shape index (κ1) is 15.5. The highest BCUT2D eigenvalue weighted by atomic mass is 32.2. The molecule has 0 fully saturated rings. The molecule has 0 radical (unpaired) electrons. The Morgan fingerprint density at radius 3 is 2.24 bits per heavy atom. The predicted molar refractivity (Wildman–Crippen MR) is 84.0 cm³/mol. The van der Waals surface area contributed by atoms with Crippen molar-refractivity contribution < 1.29 is 9.31 Å². The average Bonchev–Trinajstić information content (AvgIpc) is 2.37. The molecule has 2 rings (SSSR count). The number of nitrogens with zero attached hydrogens (tertiary/aromatic N) is 1. The largest absolute Gasteiger partial charge is 0.304 e. The second kappa shape index (κ2) is 6.72. The van der Waals surface area contributed by atoms with Crippen molar-refractivity contribution in [3.8, 4) is 0 Å². The van der Waals surface area contributed by atoms with Crippen molar-refractivity contribution in [1.29, 1.82) is 0 Å². The van der Waals surface area contributed by atoms with Crippen LogP contribution in [0.5, 0.6) is 0 Å². The summed E-state index contributed by atoms with van der Waals surface area (Å²) < 4.78 is 13.5. The van der Waals surface area contributed by atoms with Crippen molar-refractivity contribution in [3.05, 3.63) is 74.6 Å². The van der Waals surface area contributed by atoms with Crippen molar-refractivity contribution in [2.24, 2.45) is 0 Å².